The van der Waals surface area contributed by atoms with Crippen LogP contribution in [0.15, 0.2) is 36.5 Å². The normalized spacial score (nSPS) is 17.1. The number of hydrogen-bond donors (Lipinski definition) is 1. The molecule has 1 atom stereocenters. The van der Waals surface area contributed by atoms with E-state index in [1.54, 1.807) is 15.8 Å². The van der Waals surface area contributed by atoms with E-state index in [4.69, 9.17) is 11.6 Å². The molecule has 1 aromatic carbocycles. The minimum Gasteiger partial charge on any atom is -0.351 e. The number of benzene rings is 1. The first-order valence-corrected chi connectivity index (χ1v) is 8.69. The molecule has 0 aliphatic carbocycles. The quantitative estimate of drug-likeness (QED) is 0.858. The van der Waals surface area contributed by atoms with Crippen molar-refractivity contribution in [1.29, 1.82) is 0 Å². The number of nitrogens with zero attached hydrogens (tertiary/aromatic N) is 3. The van der Waals surface area contributed by atoms with Gasteiger partial charge in [-0.1, -0.05) is 29.8 Å². The Bertz CT molecular complexity index is 774. The van der Waals surface area contributed by atoms with Gasteiger partial charge in [0, 0.05) is 49.4 Å². The highest BCUT2D eigenvalue weighted by atomic mass is 35.5. The summed E-state index contributed by atoms with van der Waals surface area (Å²) in [5.74, 6) is -0.0274. The van der Waals surface area contributed by atoms with E-state index >= 15 is 0 Å². The Morgan fingerprint density at radius 1 is 1.36 bits per heavy atom. The lowest BCUT2D eigenvalue weighted by molar-refractivity contribution is -0.128. The third-order valence-corrected chi connectivity index (χ3v) is 4.75. The maximum absolute atomic E-state index is 12.2. The second-order valence-corrected chi connectivity index (χ2v) is 6.69. The summed E-state index contributed by atoms with van der Waals surface area (Å²) in [6.07, 6.45) is 2.39. The van der Waals surface area contributed by atoms with Gasteiger partial charge in [0.2, 0.25) is 11.8 Å². The highest BCUT2D eigenvalue weighted by molar-refractivity contribution is 6.31. The van der Waals surface area contributed by atoms with Crippen molar-refractivity contribution in [1.82, 2.24) is 20.0 Å². The SMILES string of the molecule is Cc1ccnn1CCC(=O)N[C@@H]1CC(=O)N(Cc2ccccc2Cl)C1. The number of aromatic nitrogens is 2. The molecule has 2 aromatic rings. The summed E-state index contributed by atoms with van der Waals surface area (Å²) < 4.78 is 1.79. The zero-order valence-electron chi connectivity index (χ0n) is 14.1. The van der Waals surface area contributed by atoms with Crippen LogP contribution in [-0.4, -0.2) is 39.1 Å². The van der Waals surface area contributed by atoms with E-state index in [-0.39, 0.29) is 17.9 Å². The highest BCUT2D eigenvalue weighted by Gasteiger charge is 2.30. The van der Waals surface area contributed by atoms with Crippen molar-refractivity contribution in [2.45, 2.75) is 38.9 Å². The fourth-order valence-corrected chi connectivity index (χ4v) is 3.19. The summed E-state index contributed by atoms with van der Waals surface area (Å²) in [6.45, 7) is 3.47. The number of nitrogens with one attached hydrogen (secondary N) is 1. The predicted molar refractivity (Wildman–Crippen MR) is 95.0 cm³/mol. The zero-order valence-corrected chi connectivity index (χ0v) is 14.9. The highest BCUT2D eigenvalue weighted by Crippen LogP contribution is 2.20. The van der Waals surface area contributed by atoms with Crippen LogP contribution in [0, 0.1) is 6.92 Å². The number of likely N-dealkylation sites (tertiary alicyclic amines) is 1. The van der Waals surface area contributed by atoms with Crippen molar-refractivity contribution in [2.75, 3.05) is 6.54 Å². The summed E-state index contributed by atoms with van der Waals surface area (Å²) >= 11 is 6.16. The molecule has 0 saturated carbocycles. The van der Waals surface area contributed by atoms with E-state index in [0.29, 0.717) is 37.5 Å². The molecule has 6 nitrogen and oxygen atoms in total. The molecule has 1 N–H and O–H groups in total. The third-order valence-electron chi connectivity index (χ3n) is 4.38. The van der Waals surface area contributed by atoms with Gasteiger partial charge < -0.3 is 10.2 Å². The molecule has 3 rings (SSSR count). The van der Waals surface area contributed by atoms with E-state index < -0.39 is 0 Å². The second-order valence-electron chi connectivity index (χ2n) is 6.28. The monoisotopic (exact) mass is 360 g/mol. The van der Waals surface area contributed by atoms with Crippen LogP contribution in [0.4, 0.5) is 0 Å². The number of hydrogen-bond acceptors (Lipinski definition) is 3. The summed E-state index contributed by atoms with van der Waals surface area (Å²) in [6, 6.07) is 9.24. The molecule has 2 heterocycles. The van der Waals surface area contributed by atoms with E-state index in [1.165, 1.54) is 0 Å². The first-order valence-electron chi connectivity index (χ1n) is 8.32. The standard InChI is InChI=1S/C18H21ClN4O2/c1-13-6-8-20-23(13)9-7-17(24)21-15-10-18(25)22(12-15)11-14-4-2-3-5-16(14)19/h2-6,8,15H,7,9-12H2,1H3,(H,21,24)/t15-/m1/s1. The van der Waals surface area contributed by atoms with Gasteiger partial charge in [0.25, 0.3) is 0 Å². The van der Waals surface area contributed by atoms with Gasteiger partial charge in [-0.05, 0) is 24.6 Å². The molecule has 0 radical (unpaired) electrons. The van der Waals surface area contributed by atoms with Gasteiger partial charge in [0.15, 0.2) is 0 Å². The Hall–Kier alpha value is -2.34. The molecule has 1 aliphatic heterocycles. The molecule has 1 aromatic heterocycles. The Kier molecular flexibility index (Phi) is 5.38. The summed E-state index contributed by atoms with van der Waals surface area (Å²) in [5, 5.41) is 7.76. The minimum absolute atomic E-state index is 0.0353. The Morgan fingerprint density at radius 3 is 2.88 bits per heavy atom. The number of halogens is 1. The lowest BCUT2D eigenvalue weighted by Gasteiger charge is -2.18. The largest absolute Gasteiger partial charge is 0.351 e. The molecule has 7 heteroatoms. The van der Waals surface area contributed by atoms with Gasteiger partial charge in [-0.3, -0.25) is 14.3 Å². The molecule has 132 valence electrons. The number of rotatable bonds is 6. The van der Waals surface area contributed by atoms with Crippen LogP contribution >= 0.6 is 11.6 Å². The molecule has 1 saturated heterocycles. The molecule has 1 fully saturated rings. The van der Waals surface area contributed by atoms with Gasteiger partial charge in [0.1, 0.15) is 0 Å². The predicted octanol–water partition coefficient (Wildman–Crippen LogP) is 2.15. The van der Waals surface area contributed by atoms with Crippen molar-refractivity contribution in [3.05, 3.63) is 52.8 Å². The number of carbonyl (C=O) groups excluding carboxylic acids is 2. The number of carbonyl (C=O) groups is 2. The second kappa shape index (κ2) is 7.70. The van der Waals surface area contributed by atoms with Crippen molar-refractivity contribution in [3.8, 4) is 0 Å². The van der Waals surface area contributed by atoms with E-state index in [1.807, 2.05) is 37.3 Å². The van der Waals surface area contributed by atoms with Crippen molar-refractivity contribution in [2.24, 2.45) is 0 Å². The van der Waals surface area contributed by atoms with Crippen LogP contribution < -0.4 is 5.32 Å². The van der Waals surface area contributed by atoms with Crippen LogP contribution in [0.3, 0.4) is 0 Å². The van der Waals surface area contributed by atoms with Crippen LogP contribution in [0.25, 0.3) is 0 Å². The number of amides is 2. The fourth-order valence-electron chi connectivity index (χ4n) is 2.99. The van der Waals surface area contributed by atoms with E-state index in [9.17, 15) is 9.59 Å². The van der Waals surface area contributed by atoms with Gasteiger partial charge in [-0.25, -0.2) is 0 Å². The maximum Gasteiger partial charge on any atom is 0.225 e. The van der Waals surface area contributed by atoms with Crippen molar-refractivity contribution >= 4 is 23.4 Å². The third kappa shape index (κ3) is 4.39. The van der Waals surface area contributed by atoms with Gasteiger partial charge in [-0.15, -0.1) is 0 Å². The summed E-state index contributed by atoms with van der Waals surface area (Å²) in [7, 11) is 0. The Balaban J connectivity index is 1.49. The molecule has 0 bridgehead atoms. The topological polar surface area (TPSA) is 67.2 Å². The fraction of sp³-hybridized carbons (Fsp3) is 0.389. The van der Waals surface area contributed by atoms with Crippen LogP contribution in [0.2, 0.25) is 5.02 Å². The molecule has 1 aliphatic rings. The lowest BCUT2D eigenvalue weighted by atomic mass is 10.2. The van der Waals surface area contributed by atoms with Crippen LogP contribution in [0.5, 0.6) is 0 Å². The maximum atomic E-state index is 12.2. The van der Waals surface area contributed by atoms with Gasteiger partial charge in [0.05, 0.1) is 6.04 Å². The van der Waals surface area contributed by atoms with E-state index in [0.717, 1.165) is 11.3 Å². The van der Waals surface area contributed by atoms with Gasteiger partial charge in [-0.2, -0.15) is 5.10 Å². The summed E-state index contributed by atoms with van der Waals surface area (Å²) in [5.41, 5.74) is 1.94. The van der Waals surface area contributed by atoms with Crippen LogP contribution in [-0.2, 0) is 22.7 Å². The zero-order chi connectivity index (χ0) is 17.8. The molecule has 0 unspecified atom stereocenters. The van der Waals surface area contributed by atoms with Crippen LogP contribution in [0.1, 0.15) is 24.1 Å². The molecular formula is C18H21ClN4O2. The van der Waals surface area contributed by atoms with E-state index in [2.05, 4.69) is 10.4 Å². The molecule has 0 spiro atoms. The first kappa shape index (κ1) is 17.5. The minimum atomic E-state index is -0.152. The Morgan fingerprint density at radius 2 is 2.16 bits per heavy atom. The van der Waals surface area contributed by atoms with Gasteiger partial charge >= 0.3 is 0 Å². The summed E-state index contributed by atoms with van der Waals surface area (Å²) in [4.78, 5) is 26.1. The first-order chi connectivity index (χ1) is 12.0. The molecule has 25 heavy (non-hydrogen) atoms. The van der Waals surface area contributed by atoms with Crippen molar-refractivity contribution < 1.29 is 9.59 Å². The average molecular weight is 361 g/mol. The Labute approximate surface area is 151 Å². The molecule has 2 amide bonds. The van der Waals surface area contributed by atoms with Crippen molar-refractivity contribution in [3.63, 3.8) is 0 Å². The average Bonchev–Trinajstić information content (AvgIpc) is 3.13. The lowest BCUT2D eigenvalue weighted by Crippen LogP contribution is -2.37. The number of aryl methyl sites for hydroxylation is 2. The smallest absolute Gasteiger partial charge is 0.225 e. The molecular weight excluding hydrogens is 340 g/mol.